The maximum atomic E-state index is 12.3. The Morgan fingerprint density at radius 1 is 0.971 bits per heavy atom. The average Bonchev–Trinajstić information content (AvgIpc) is 2.84. The molecule has 0 radical (unpaired) electrons. The molecule has 2 aromatic carbocycles. The van der Waals surface area contributed by atoms with Crippen LogP contribution in [0.5, 0.6) is 11.5 Å². The van der Waals surface area contributed by atoms with E-state index in [1.54, 1.807) is 30.5 Å². The number of guanidine groups is 1. The normalized spacial score (nSPS) is 11.9. The number of hydrogen-bond acceptors (Lipinski definition) is 5. The van der Waals surface area contributed by atoms with Gasteiger partial charge in [0.2, 0.25) is 5.96 Å². The number of carbonyl (C=O) groups is 2. The van der Waals surface area contributed by atoms with E-state index in [-0.39, 0.29) is 12.5 Å². The van der Waals surface area contributed by atoms with Crippen LogP contribution >= 0.6 is 0 Å². The molecule has 3 aromatic rings. The molecule has 0 spiro atoms. The Hall–Kier alpha value is -4.40. The van der Waals surface area contributed by atoms with E-state index in [0.29, 0.717) is 23.7 Å². The van der Waals surface area contributed by atoms with Crippen molar-refractivity contribution in [3.8, 4) is 11.5 Å². The summed E-state index contributed by atoms with van der Waals surface area (Å²) in [4.78, 5) is 32.1. The topological polar surface area (TPSA) is 125 Å². The Balaban J connectivity index is 1.69. The standard InChI is InChI=1S/C26H29N5O4/c1-17-4-7-20(8-5-17)15-28-25(31-26(34)29-14-18(2)24(32)33)30-21-9-12-22(13-10-21)35-23-11-6-19(3)27-16-23/h4-13,16,18H,14-15H2,1-3H3,(H,32,33)(H3,28,29,30,31,34)/t18-/m0/s1. The van der Waals surface area contributed by atoms with Gasteiger partial charge in [0.1, 0.15) is 11.5 Å². The van der Waals surface area contributed by atoms with E-state index >= 15 is 0 Å². The number of carbonyl (C=O) groups excluding carboxylic acids is 1. The van der Waals surface area contributed by atoms with Crippen molar-refractivity contribution >= 4 is 23.6 Å². The fourth-order valence-electron chi connectivity index (χ4n) is 2.86. The summed E-state index contributed by atoms with van der Waals surface area (Å²) in [5.41, 5.74) is 3.66. The summed E-state index contributed by atoms with van der Waals surface area (Å²) in [5.74, 6) is -0.223. The molecule has 0 bridgehead atoms. The van der Waals surface area contributed by atoms with Crippen LogP contribution in [0.3, 0.4) is 0 Å². The Kier molecular flexibility index (Phi) is 8.77. The highest BCUT2D eigenvalue weighted by Gasteiger charge is 2.13. The molecule has 0 saturated heterocycles. The number of hydrogen-bond donors (Lipinski definition) is 4. The van der Waals surface area contributed by atoms with Crippen molar-refractivity contribution in [3.05, 3.63) is 83.7 Å². The summed E-state index contributed by atoms with van der Waals surface area (Å²) in [7, 11) is 0. The molecule has 0 aliphatic rings. The van der Waals surface area contributed by atoms with Crippen LogP contribution in [0.1, 0.15) is 23.7 Å². The molecule has 0 fully saturated rings. The summed E-state index contributed by atoms with van der Waals surface area (Å²) in [6.07, 6.45) is 1.66. The van der Waals surface area contributed by atoms with Crippen LogP contribution in [-0.2, 0) is 11.3 Å². The number of carboxylic acids is 1. The Bertz CT molecular complexity index is 1160. The number of aliphatic imine (C=N–C) groups is 1. The predicted octanol–water partition coefficient (Wildman–Crippen LogP) is 4.29. The zero-order chi connectivity index (χ0) is 25.2. The minimum atomic E-state index is -0.986. The summed E-state index contributed by atoms with van der Waals surface area (Å²) in [6.45, 7) is 5.86. The number of urea groups is 1. The molecule has 0 aliphatic heterocycles. The number of aromatic nitrogens is 1. The van der Waals surface area contributed by atoms with Crippen molar-refractivity contribution in [3.63, 3.8) is 0 Å². The highest BCUT2D eigenvalue weighted by Crippen LogP contribution is 2.23. The van der Waals surface area contributed by atoms with E-state index in [1.165, 1.54) is 6.92 Å². The number of benzene rings is 2. The van der Waals surface area contributed by atoms with Crippen molar-refractivity contribution in [1.82, 2.24) is 20.9 Å². The first-order valence-electron chi connectivity index (χ1n) is 11.1. The molecule has 2 amide bonds. The Morgan fingerprint density at radius 3 is 2.29 bits per heavy atom. The molecule has 182 valence electrons. The van der Waals surface area contributed by atoms with E-state index in [2.05, 4.69) is 25.9 Å². The molecule has 4 N–H and O–H groups in total. The van der Waals surface area contributed by atoms with Gasteiger partial charge in [-0.3, -0.25) is 15.1 Å². The number of aryl methyl sites for hydroxylation is 2. The van der Waals surface area contributed by atoms with Crippen molar-refractivity contribution in [2.24, 2.45) is 10.9 Å². The van der Waals surface area contributed by atoms with Crippen molar-refractivity contribution in [2.45, 2.75) is 27.3 Å². The Labute approximate surface area is 204 Å². The number of pyridine rings is 1. The largest absolute Gasteiger partial charge is 0.481 e. The van der Waals surface area contributed by atoms with Crippen LogP contribution in [0, 0.1) is 19.8 Å². The van der Waals surface area contributed by atoms with Crippen molar-refractivity contribution in [1.29, 1.82) is 0 Å². The lowest BCUT2D eigenvalue weighted by Gasteiger charge is -2.14. The van der Waals surface area contributed by atoms with Crippen LogP contribution in [0.25, 0.3) is 0 Å². The molecule has 35 heavy (non-hydrogen) atoms. The van der Waals surface area contributed by atoms with Gasteiger partial charge in [-0.15, -0.1) is 0 Å². The molecule has 3 rings (SSSR count). The molecule has 0 saturated carbocycles. The lowest BCUT2D eigenvalue weighted by molar-refractivity contribution is -0.140. The quantitative estimate of drug-likeness (QED) is 0.285. The van der Waals surface area contributed by atoms with Gasteiger partial charge in [-0.25, -0.2) is 9.79 Å². The maximum Gasteiger partial charge on any atom is 0.321 e. The van der Waals surface area contributed by atoms with Gasteiger partial charge in [-0.05, 0) is 55.8 Å². The first-order chi connectivity index (χ1) is 16.8. The number of nitrogens with zero attached hydrogens (tertiary/aromatic N) is 2. The number of rotatable bonds is 8. The zero-order valence-electron chi connectivity index (χ0n) is 19.9. The predicted molar refractivity (Wildman–Crippen MR) is 134 cm³/mol. The van der Waals surface area contributed by atoms with Crippen LogP contribution in [0.15, 0.2) is 71.9 Å². The number of ether oxygens (including phenoxy) is 1. The van der Waals surface area contributed by atoms with Crippen LogP contribution in [0.4, 0.5) is 10.5 Å². The van der Waals surface area contributed by atoms with Gasteiger partial charge in [-0.2, -0.15) is 0 Å². The number of aliphatic carboxylic acids is 1. The zero-order valence-corrected chi connectivity index (χ0v) is 19.9. The van der Waals surface area contributed by atoms with E-state index in [0.717, 1.165) is 16.8 Å². The third-order valence-electron chi connectivity index (χ3n) is 5.00. The average molecular weight is 476 g/mol. The smallest absolute Gasteiger partial charge is 0.321 e. The molecular weight excluding hydrogens is 446 g/mol. The lowest BCUT2D eigenvalue weighted by Crippen LogP contribution is -2.47. The first kappa shape index (κ1) is 25.2. The summed E-state index contributed by atoms with van der Waals surface area (Å²) in [5, 5.41) is 17.3. The van der Waals surface area contributed by atoms with Gasteiger partial charge < -0.3 is 20.5 Å². The highest BCUT2D eigenvalue weighted by atomic mass is 16.5. The first-order valence-corrected chi connectivity index (χ1v) is 11.1. The monoisotopic (exact) mass is 475 g/mol. The number of amides is 2. The Morgan fingerprint density at radius 2 is 1.66 bits per heavy atom. The van der Waals surface area contributed by atoms with Gasteiger partial charge in [0.05, 0.1) is 17.8 Å². The van der Waals surface area contributed by atoms with Crippen molar-refractivity contribution in [2.75, 3.05) is 6.54 Å². The van der Waals surface area contributed by atoms with E-state index in [4.69, 9.17) is 9.84 Å². The van der Waals surface area contributed by atoms with Crippen LogP contribution in [0.2, 0.25) is 0 Å². The fraction of sp³-hybridized carbons (Fsp3) is 0.231. The van der Waals surface area contributed by atoms with E-state index < -0.39 is 17.9 Å². The fourth-order valence-corrected chi connectivity index (χ4v) is 2.86. The number of carboxylic acid groups (broad SMARTS) is 1. The lowest BCUT2D eigenvalue weighted by atomic mass is 10.1. The van der Waals surface area contributed by atoms with Gasteiger partial charge in [-0.1, -0.05) is 36.8 Å². The third kappa shape index (κ3) is 8.47. The third-order valence-corrected chi connectivity index (χ3v) is 5.00. The minimum Gasteiger partial charge on any atom is -0.481 e. The molecule has 1 heterocycles. The molecule has 0 unspecified atom stereocenters. The molecule has 9 heteroatoms. The highest BCUT2D eigenvalue weighted by molar-refractivity contribution is 5.97. The van der Waals surface area contributed by atoms with Crippen LogP contribution < -0.4 is 20.7 Å². The van der Waals surface area contributed by atoms with Crippen LogP contribution in [-0.4, -0.2) is 34.6 Å². The van der Waals surface area contributed by atoms with Gasteiger partial charge in [0, 0.05) is 18.8 Å². The van der Waals surface area contributed by atoms with E-state index in [9.17, 15) is 9.59 Å². The second-order valence-electron chi connectivity index (χ2n) is 8.11. The number of nitrogens with one attached hydrogen (secondary N) is 3. The van der Waals surface area contributed by atoms with Gasteiger partial charge in [0.15, 0.2) is 0 Å². The maximum absolute atomic E-state index is 12.3. The van der Waals surface area contributed by atoms with Crippen molar-refractivity contribution < 1.29 is 19.4 Å². The second kappa shape index (κ2) is 12.2. The summed E-state index contributed by atoms with van der Waals surface area (Å²) < 4.78 is 5.79. The minimum absolute atomic E-state index is 0.00763. The summed E-state index contributed by atoms with van der Waals surface area (Å²) >= 11 is 0. The van der Waals surface area contributed by atoms with Gasteiger partial charge in [0.25, 0.3) is 0 Å². The SMILES string of the molecule is Cc1ccc(CN/C(=N/c2ccc(Oc3ccc(C)nc3)cc2)NC(=O)NC[C@H](C)C(=O)O)cc1. The summed E-state index contributed by atoms with van der Waals surface area (Å²) in [6, 6.07) is 18.2. The molecule has 1 atom stereocenters. The van der Waals surface area contributed by atoms with Gasteiger partial charge >= 0.3 is 12.0 Å². The van der Waals surface area contributed by atoms with E-state index in [1.807, 2.05) is 50.2 Å². The molecular formula is C26H29N5O4. The second-order valence-corrected chi connectivity index (χ2v) is 8.11. The molecule has 9 nitrogen and oxygen atoms in total. The molecule has 0 aliphatic carbocycles. The molecule has 1 aromatic heterocycles.